The number of carbonyl (C=O) groups is 2. The first-order valence-electron chi connectivity index (χ1n) is 12.3. The minimum Gasteiger partial charge on any atom is -0.357 e. The second-order valence-corrected chi connectivity index (χ2v) is 11.3. The Bertz CT molecular complexity index is 1450. The van der Waals surface area contributed by atoms with Gasteiger partial charge in [-0.05, 0) is 49.2 Å². The van der Waals surface area contributed by atoms with E-state index >= 15 is 0 Å². The van der Waals surface area contributed by atoms with Crippen LogP contribution in [0.3, 0.4) is 0 Å². The van der Waals surface area contributed by atoms with Gasteiger partial charge in [0.2, 0.25) is 11.8 Å². The van der Waals surface area contributed by atoms with Crippen LogP contribution in [0.5, 0.6) is 0 Å². The predicted octanol–water partition coefficient (Wildman–Crippen LogP) is 5.42. The van der Waals surface area contributed by atoms with E-state index in [4.69, 9.17) is 11.6 Å². The maximum atomic E-state index is 13.8. The molecule has 0 aliphatic heterocycles. The molecule has 0 aromatic heterocycles. The quantitative estimate of drug-likeness (QED) is 0.339. The summed E-state index contributed by atoms with van der Waals surface area (Å²) in [6.45, 7) is 2.55. The van der Waals surface area contributed by atoms with E-state index in [0.29, 0.717) is 15.9 Å². The topological polar surface area (TPSA) is 86.8 Å². The number of nitrogens with zero attached hydrogens (tertiary/aromatic N) is 2. The zero-order chi connectivity index (χ0) is 29.7. The van der Waals surface area contributed by atoms with E-state index in [0.717, 1.165) is 17.7 Å². The van der Waals surface area contributed by atoms with Crippen molar-refractivity contribution >= 4 is 39.1 Å². The van der Waals surface area contributed by atoms with Crippen LogP contribution in [0.4, 0.5) is 18.9 Å². The van der Waals surface area contributed by atoms with Crippen LogP contribution in [-0.4, -0.2) is 44.8 Å². The largest absolute Gasteiger partial charge is 0.417 e. The fourth-order valence-corrected chi connectivity index (χ4v) is 5.75. The number of alkyl halides is 3. The Kier molecular flexibility index (Phi) is 9.86. The van der Waals surface area contributed by atoms with Crippen LogP contribution in [-0.2, 0) is 32.3 Å². The molecule has 0 saturated heterocycles. The molecular formula is C28H29ClF3N3O4S. The molecule has 0 aliphatic rings. The summed E-state index contributed by atoms with van der Waals surface area (Å²) in [4.78, 5) is 27.5. The molecular weight excluding hydrogens is 567 g/mol. The first-order chi connectivity index (χ1) is 18.8. The van der Waals surface area contributed by atoms with Gasteiger partial charge in [0.15, 0.2) is 0 Å². The number of rotatable bonds is 10. The third kappa shape index (κ3) is 7.14. The van der Waals surface area contributed by atoms with Gasteiger partial charge in [-0.2, -0.15) is 13.2 Å². The number of aryl methyl sites for hydroxylation is 1. The van der Waals surface area contributed by atoms with Gasteiger partial charge in [0, 0.05) is 13.6 Å². The summed E-state index contributed by atoms with van der Waals surface area (Å²) in [7, 11) is -3.12. The fraction of sp³-hybridized carbons (Fsp3) is 0.286. The highest BCUT2D eigenvalue weighted by Crippen LogP contribution is 2.38. The van der Waals surface area contributed by atoms with Crippen molar-refractivity contribution < 1.29 is 31.2 Å². The number of carbonyl (C=O) groups excluding carboxylic acids is 2. The van der Waals surface area contributed by atoms with Crippen LogP contribution in [0.15, 0.2) is 77.7 Å². The van der Waals surface area contributed by atoms with Crippen LogP contribution in [0.25, 0.3) is 0 Å². The van der Waals surface area contributed by atoms with E-state index in [1.54, 1.807) is 44.2 Å². The number of sulfonamides is 1. The Morgan fingerprint density at radius 1 is 1.00 bits per heavy atom. The lowest BCUT2D eigenvalue weighted by molar-refractivity contribution is -0.140. The Balaban J connectivity index is 2.14. The summed E-state index contributed by atoms with van der Waals surface area (Å²) in [5, 5.41) is 1.89. The Morgan fingerprint density at radius 2 is 1.62 bits per heavy atom. The standard InChI is InChI=1S/C28H29ClF3N3O4S/c1-4-25(27(37)33-3)34(17-20-8-6-5-7-9-20)26(36)18-35(40(38,39)22-13-10-19(2)11-14-22)21-12-15-24(29)23(16-21)28(30,31)32/h5-16,25H,4,17-18H2,1-3H3,(H,33,37). The zero-order valence-corrected chi connectivity index (χ0v) is 23.6. The smallest absolute Gasteiger partial charge is 0.357 e. The molecule has 3 aromatic carbocycles. The summed E-state index contributed by atoms with van der Waals surface area (Å²) >= 11 is 5.78. The molecule has 2 amide bonds. The molecule has 1 unspecified atom stereocenters. The van der Waals surface area contributed by atoms with Crippen molar-refractivity contribution in [2.24, 2.45) is 0 Å². The first-order valence-corrected chi connectivity index (χ1v) is 14.1. The highest BCUT2D eigenvalue weighted by Gasteiger charge is 2.37. The molecule has 0 bridgehead atoms. The third-order valence-corrected chi connectivity index (χ3v) is 8.38. The molecule has 3 aromatic rings. The number of halogens is 4. The molecule has 0 heterocycles. The first kappa shape index (κ1) is 31.0. The lowest BCUT2D eigenvalue weighted by Gasteiger charge is -2.33. The van der Waals surface area contributed by atoms with Gasteiger partial charge in [-0.3, -0.25) is 13.9 Å². The molecule has 12 heteroatoms. The van der Waals surface area contributed by atoms with Crippen molar-refractivity contribution in [2.45, 2.75) is 43.9 Å². The second-order valence-electron chi connectivity index (χ2n) is 9.03. The molecule has 1 atom stereocenters. The summed E-state index contributed by atoms with van der Waals surface area (Å²) in [5.41, 5.74) is -0.214. The van der Waals surface area contributed by atoms with Crippen LogP contribution in [0.2, 0.25) is 5.02 Å². The predicted molar refractivity (Wildman–Crippen MR) is 147 cm³/mol. The molecule has 1 N–H and O–H groups in total. The summed E-state index contributed by atoms with van der Waals surface area (Å²) in [6.07, 6.45) is -4.66. The number of nitrogens with one attached hydrogen (secondary N) is 1. The number of likely N-dealkylation sites (N-methyl/N-ethyl adjacent to an activating group) is 1. The van der Waals surface area contributed by atoms with E-state index in [-0.39, 0.29) is 17.9 Å². The van der Waals surface area contributed by atoms with Crippen molar-refractivity contribution in [3.05, 3.63) is 94.5 Å². The minimum atomic E-state index is -4.87. The molecule has 0 saturated carbocycles. The van der Waals surface area contributed by atoms with E-state index in [1.165, 1.54) is 36.2 Å². The molecule has 7 nitrogen and oxygen atoms in total. The summed E-state index contributed by atoms with van der Waals surface area (Å²) in [6, 6.07) is 16.1. The van der Waals surface area contributed by atoms with Crippen molar-refractivity contribution in [1.29, 1.82) is 0 Å². The summed E-state index contributed by atoms with van der Waals surface area (Å²) in [5.74, 6) is -1.25. The normalized spacial score (nSPS) is 12.5. The van der Waals surface area contributed by atoms with Crippen molar-refractivity contribution in [3.63, 3.8) is 0 Å². The molecule has 0 aliphatic carbocycles. The van der Waals surface area contributed by atoms with E-state index in [9.17, 15) is 31.2 Å². The molecule has 0 spiro atoms. The highest BCUT2D eigenvalue weighted by molar-refractivity contribution is 7.92. The van der Waals surface area contributed by atoms with Crippen molar-refractivity contribution in [2.75, 3.05) is 17.9 Å². The van der Waals surface area contributed by atoms with Crippen LogP contribution in [0.1, 0.15) is 30.0 Å². The zero-order valence-electron chi connectivity index (χ0n) is 22.1. The van der Waals surface area contributed by atoms with Gasteiger partial charge in [-0.1, -0.05) is 66.6 Å². The Hall–Kier alpha value is -3.57. The summed E-state index contributed by atoms with van der Waals surface area (Å²) < 4.78 is 69.3. The lowest BCUT2D eigenvalue weighted by atomic mass is 10.1. The van der Waals surface area contributed by atoms with Gasteiger partial charge in [0.05, 0.1) is 21.2 Å². The maximum Gasteiger partial charge on any atom is 0.417 e. The molecule has 0 fully saturated rings. The monoisotopic (exact) mass is 595 g/mol. The van der Waals surface area contributed by atoms with E-state index < -0.39 is 56.9 Å². The second kappa shape index (κ2) is 12.7. The Morgan fingerprint density at radius 3 is 2.17 bits per heavy atom. The molecule has 40 heavy (non-hydrogen) atoms. The maximum absolute atomic E-state index is 13.8. The van der Waals surface area contributed by atoms with E-state index in [2.05, 4.69) is 5.32 Å². The van der Waals surface area contributed by atoms with Gasteiger partial charge >= 0.3 is 6.18 Å². The third-order valence-electron chi connectivity index (χ3n) is 6.26. The SMILES string of the molecule is CCC(C(=O)NC)N(Cc1ccccc1)C(=O)CN(c1ccc(Cl)c(C(F)(F)F)c1)S(=O)(=O)c1ccc(C)cc1. The lowest BCUT2D eigenvalue weighted by Crippen LogP contribution is -2.51. The average molecular weight is 596 g/mol. The van der Waals surface area contributed by atoms with E-state index in [1.807, 2.05) is 0 Å². The minimum absolute atomic E-state index is 0.0293. The van der Waals surface area contributed by atoms with Gasteiger partial charge in [0.1, 0.15) is 12.6 Å². The Labute approximate surface area is 236 Å². The van der Waals surface area contributed by atoms with Gasteiger partial charge in [0.25, 0.3) is 10.0 Å². The number of benzene rings is 3. The molecule has 214 valence electrons. The average Bonchev–Trinajstić information content (AvgIpc) is 2.91. The van der Waals surface area contributed by atoms with Crippen LogP contribution in [0, 0.1) is 6.92 Å². The van der Waals surface area contributed by atoms with Crippen LogP contribution >= 0.6 is 11.6 Å². The highest BCUT2D eigenvalue weighted by atomic mass is 35.5. The van der Waals surface area contributed by atoms with Crippen LogP contribution < -0.4 is 9.62 Å². The number of hydrogen-bond donors (Lipinski definition) is 1. The number of hydrogen-bond acceptors (Lipinski definition) is 4. The number of amides is 2. The van der Waals surface area contributed by atoms with Crippen molar-refractivity contribution in [3.8, 4) is 0 Å². The van der Waals surface area contributed by atoms with Gasteiger partial charge in [-0.25, -0.2) is 8.42 Å². The fourth-order valence-electron chi connectivity index (χ4n) is 4.12. The molecule has 3 rings (SSSR count). The van der Waals surface area contributed by atoms with Crippen molar-refractivity contribution in [1.82, 2.24) is 10.2 Å². The van der Waals surface area contributed by atoms with Gasteiger partial charge in [-0.15, -0.1) is 0 Å². The number of anilines is 1. The molecule has 0 radical (unpaired) electrons. The van der Waals surface area contributed by atoms with Gasteiger partial charge < -0.3 is 10.2 Å².